The number of rotatable bonds is 4. The number of aliphatic hydroxyl groups excluding tert-OH is 1. The molecule has 0 saturated heterocycles. The number of aryl methyl sites for hydroxylation is 1. The molecule has 20 heavy (non-hydrogen) atoms. The molecule has 0 heterocycles. The van der Waals surface area contributed by atoms with E-state index in [0.717, 1.165) is 5.56 Å². The second-order valence-electron chi connectivity index (χ2n) is 4.24. The van der Waals surface area contributed by atoms with Gasteiger partial charge >= 0.3 is 5.69 Å². The van der Waals surface area contributed by atoms with Crippen LogP contribution in [0.2, 0.25) is 5.02 Å². The smallest absolute Gasteiger partial charge is 0.311 e. The minimum atomic E-state index is -0.543. The van der Waals surface area contributed by atoms with Crippen molar-refractivity contribution in [3.8, 4) is 11.5 Å². The second kappa shape index (κ2) is 5.90. The molecule has 0 bridgehead atoms. The Kier molecular flexibility index (Phi) is 4.22. The third-order valence-corrected chi connectivity index (χ3v) is 2.96. The molecule has 0 fully saturated rings. The highest BCUT2D eigenvalue weighted by atomic mass is 35.5. The Morgan fingerprint density at radius 3 is 2.65 bits per heavy atom. The van der Waals surface area contributed by atoms with Crippen LogP contribution in [0.15, 0.2) is 36.4 Å². The molecule has 2 aromatic rings. The Labute approximate surface area is 120 Å². The first-order valence-corrected chi connectivity index (χ1v) is 6.21. The highest BCUT2D eigenvalue weighted by Crippen LogP contribution is 2.35. The van der Waals surface area contributed by atoms with E-state index in [4.69, 9.17) is 16.3 Å². The van der Waals surface area contributed by atoms with Crippen LogP contribution in [0.1, 0.15) is 11.1 Å². The van der Waals surface area contributed by atoms with Crippen molar-refractivity contribution >= 4 is 17.3 Å². The number of halogens is 1. The van der Waals surface area contributed by atoms with Crippen LogP contribution in [0.25, 0.3) is 0 Å². The van der Waals surface area contributed by atoms with E-state index >= 15 is 0 Å². The average molecular weight is 294 g/mol. The molecule has 0 aromatic heterocycles. The van der Waals surface area contributed by atoms with E-state index in [2.05, 4.69) is 0 Å². The van der Waals surface area contributed by atoms with Crippen LogP contribution in [0.4, 0.5) is 5.69 Å². The molecule has 0 spiro atoms. The van der Waals surface area contributed by atoms with Crippen molar-refractivity contribution in [2.45, 2.75) is 13.5 Å². The van der Waals surface area contributed by atoms with Gasteiger partial charge in [-0.25, -0.2) is 0 Å². The molecule has 0 unspecified atom stereocenters. The predicted octanol–water partition coefficient (Wildman–Crippen LogP) is 3.84. The van der Waals surface area contributed by atoms with Crippen molar-refractivity contribution in [2.75, 3.05) is 0 Å². The van der Waals surface area contributed by atoms with Gasteiger partial charge < -0.3 is 9.84 Å². The Morgan fingerprint density at radius 1 is 1.25 bits per heavy atom. The fraction of sp³-hybridized carbons (Fsp3) is 0.143. The van der Waals surface area contributed by atoms with E-state index < -0.39 is 4.92 Å². The van der Waals surface area contributed by atoms with E-state index in [1.165, 1.54) is 18.2 Å². The highest BCUT2D eigenvalue weighted by Gasteiger charge is 2.17. The summed E-state index contributed by atoms with van der Waals surface area (Å²) >= 11 is 5.83. The summed E-state index contributed by atoms with van der Waals surface area (Å²) in [5, 5.41) is 20.6. The molecule has 5 nitrogen and oxygen atoms in total. The average Bonchev–Trinajstić information content (AvgIpc) is 2.40. The molecule has 0 amide bonds. The summed E-state index contributed by atoms with van der Waals surface area (Å²) in [5.74, 6) is 0.407. The molecule has 0 aliphatic heterocycles. The zero-order chi connectivity index (χ0) is 14.7. The first-order valence-electron chi connectivity index (χ1n) is 5.83. The second-order valence-corrected chi connectivity index (χ2v) is 4.68. The topological polar surface area (TPSA) is 72.6 Å². The number of hydrogen-bond donors (Lipinski definition) is 1. The van der Waals surface area contributed by atoms with Gasteiger partial charge in [0.15, 0.2) is 0 Å². The molecule has 0 radical (unpaired) electrons. The van der Waals surface area contributed by atoms with E-state index in [9.17, 15) is 15.2 Å². The number of nitrogens with zero attached hydrogens (tertiary/aromatic N) is 1. The summed E-state index contributed by atoms with van der Waals surface area (Å²) in [6.07, 6.45) is 0. The van der Waals surface area contributed by atoms with Crippen LogP contribution in [-0.4, -0.2) is 10.0 Å². The summed E-state index contributed by atoms with van der Waals surface area (Å²) in [6.45, 7) is 1.66. The third-order valence-electron chi connectivity index (χ3n) is 2.72. The summed E-state index contributed by atoms with van der Waals surface area (Å²) in [6, 6.07) is 9.29. The molecule has 2 aromatic carbocycles. The van der Waals surface area contributed by atoms with Crippen molar-refractivity contribution < 1.29 is 14.8 Å². The lowest BCUT2D eigenvalue weighted by atomic mass is 10.1. The van der Waals surface area contributed by atoms with Crippen LogP contribution >= 0.6 is 11.6 Å². The number of aliphatic hydroxyl groups is 1. The lowest BCUT2D eigenvalue weighted by Gasteiger charge is -2.11. The van der Waals surface area contributed by atoms with Crippen molar-refractivity contribution in [2.24, 2.45) is 0 Å². The molecule has 6 heteroatoms. The fourth-order valence-electron chi connectivity index (χ4n) is 1.77. The molecule has 0 aliphatic carbocycles. The third kappa shape index (κ3) is 3.07. The van der Waals surface area contributed by atoms with Gasteiger partial charge in [-0.1, -0.05) is 29.3 Å². The number of hydrogen-bond acceptors (Lipinski definition) is 4. The molecule has 1 N–H and O–H groups in total. The molecule has 2 rings (SSSR count). The standard InChI is InChI=1S/C14H12ClNO4/c1-9-2-5-13(10(6-9)8-17)20-14-7-11(15)3-4-12(14)16(18)19/h2-7,17H,8H2,1H3. The minimum absolute atomic E-state index is 0.0426. The van der Waals surface area contributed by atoms with E-state index in [1.807, 2.05) is 6.92 Å². The van der Waals surface area contributed by atoms with Crippen LogP contribution < -0.4 is 4.74 Å². The normalized spacial score (nSPS) is 10.3. The zero-order valence-corrected chi connectivity index (χ0v) is 11.4. The van der Waals surface area contributed by atoms with Crippen LogP contribution in [0, 0.1) is 17.0 Å². The zero-order valence-electron chi connectivity index (χ0n) is 10.7. The molecule has 0 atom stereocenters. The Hall–Kier alpha value is -2.11. The number of nitro benzene ring substituents is 1. The van der Waals surface area contributed by atoms with Crippen molar-refractivity contribution in [1.82, 2.24) is 0 Å². The van der Waals surface area contributed by atoms with E-state index in [0.29, 0.717) is 16.3 Å². The fourth-order valence-corrected chi connectivity index (χ4v) is 1.93. The first kappa shape index (κ1) is 14.3. The molecular weight excluding hydrogens is 282 g/mol. The summed E-state index contributed by atoms with van der Waals surface area (Å²) in [7, 11) is 0. The summed E-state index contributed by atoms with van der Waals surface area (Å²) in [5.41, 5.74) is 1.33. The van der Waals surface area contributed by atoms with Crippen LogP contribution in [0.5, 0.6) is 11.5 Å². The van der Waals surface area contributed by atoms with Gasteiger partial charge in [-0.15, -0.1) is 0 Å². The Bertz CT molecular complexity index is 658. The largest absolute Gasteiger partial charge is 0.450 e. The van der Waals surface area contributed by atoms with E-state index in [-0.39, 0.29) is 18.0 Å². The van der Waals surface area contributed by atoms with Gasteiger partial charge in [-0.3, -0.25) is 10.1 Å². The Morgan fingerprint density at radius 2 is 2.00 bits per heavy atom. The molecule has 0 saturated carbocycles. The molecule has 104 valence electrons. The maximum absolute atomic E-state index is 11.0. The van der Waals surface area contributed by atoms with Crippen LogP contribution in [-0.2, 0) is 6.61 Å². The van der Waals surface area contributed by atoms with Crippen LogP contribution in [0.3, 0.4) is 0 Å². The molecule has 0 aliphatic rings. The van der Waals surface area contributed by atoms with Gasteiger partial charge in [-0.05, 0) is 19.1 Å². The van der Waals surface area contributed by atoms with Crippen molar-refractivity contribution in [3.05, 3.63) is 62.7 Å². The predicted molar refractivity (Wildman–Crippen MR) is 75.3 cm³/mol. The maximum atomic E-state index is 11.0. The minimum Gasteiger partial charge on any atom is -0.450 e. The number of benzene rings is 2. The van der Waals surface area contributed by atoms with Gasteiger partial charge in [0, 0.05) is 22.7 Å². The monoisotopic (exact) mass is 293 g/mol. The Balaban J connectivity index is 2.44. The van der Waals surface area contributed by atoms with Crippen molar-refractivity contribution in [1.29, 1.82) is 0 Å². The lowest BCUT2D eigenvalue weighted by molar-refractivity contribution is -0.385. The van der Waals surface area contributed by atoms with Gasteiger partial charge in [0.25, 0.3) is 0 Å². The van der Waals surface area contributed by atoms with Gasteiger partial charge in [0.2, 0.25) is 5.75 Å². The van der Waals surface area contributed by atoms with Crippen molar-refractivity contribution in [3.63, 3.8) is 0 Å². The van der Waals surface area contributed by atoms with Gasteiger partial charge in [0.05, 0.1) is 11.5 Å². The summed E-state index contributed by atoms with van der Waals surface area (Å²) in [4.78, 5) is 10.4. The number of nitro groups is 1. The van der Waals surface area contributed by atoms with Gasteiger partial charge in [-0.2, -0.15) is 0 Å². The first-order chi connectivity index (χ1) is 9.51. The lowest BCUT2D eigenvalue weighted by Crippen LogP contribution is -1.96. The summed E-state index contributed by atoms with van der Waals surface area (Å²) < 4.78 is 5.54. The quantitative estimate of drug-likeness (QED) is 0.686. The molecular formula is C14H12ClNO4. The maximum Gasteiger partial charge on any atom is 0.311 e. The number of ether oxygens (including phenoxy) is 1. The highest BCUT2D eigenvalue weighted by molar-refractivity contribution is 6.30. The SMILES string of the molecule is Cc1ccc(Oc2cc(Cl)ccc2[N+](=O)[O-])c(CO)c1. The van der Waals surface area contributed by atoms with E-state index in [1.54, 1.807) is 18.2 Å². The van der Waals surface area contributed by atoms with Gasteiger partial charge in [0.1, 0.15) is 5.75 Å².